The molecule has 1 aromatic heterocycles. The molecule has 44 heavy (non-hydrogen) atoms. The second-order valence-electron chi connectivity index (χ2n) is 10.2. The van der Waals surface area contributed by atoms with Gasteiger partial charge in [-0.15, -0.1) is 0 Å². The first kappa shape index (κ1) is 31.7. The number of hydrogen-bond acceptors (Lipinski definition) is 17. The van der Waals surface area contributed by atoms with E-state index in [-0.39, 0.29) is 16.9 Å². The minimum Gasteiger partial charge on any atom is -0.504 e. The van der Waals surface area contributed by atoms with Crippen LogP contribution in [0.2, 0.25) is 0 Å². The zero-order chi connectivity index (χ0) is 32.0. The summed E-state index contributed by atoms with van der Waals surface area (Å²) in [6.45, 7) is -1.62. The van der Waals surface area contributed by atoms with E-state index in [1.807, 2.05) is 0 Å². The largest absolute Gasteiger partial charge is 0.504 e. The van der Waals surface area contributed by atoms with Gasteiger partial charge in [-0.2, -0.15) is 0 Å². The molecule has 2 aliphatic rings. The summed E-state index contributed by atoms with van der Waals surface area (Å²) in [5.41, 5.74) is -1.08. The van der Waals surface area contributed by atoms with Crippen LogP contribution in [0, 0.1) is 0 Å². The Bertz CT molecular complexity index is 1550. The Morgan fingerprint density at radius 1 is 0.682 bits per heavy atom. The summed E-state index contributed by atoms with van der Waals surface area (Å²) in [7, 11) is 0. The third kappa shape index (κ3) is 5.61. The summed E-state index contributed by atoms with van der Waals surface area (Å²) in [5.74, 6) is -3.40. The van der Waals surface area contributed by atoms with Gasteiger partial charge in [-0.25, -0.2) is 0 Å². The molecule has 3 aromatic rings. The maximum Gasteiger partial charge on any atom is 0.229 e. The molecule has 2 fully saturated rings. The number of phenols is 3. The maximum absolute atomic E-state index is 13.2. The predicted octanol–water partition coefficient (Wildman–Crippen LogP) is -3.07. The summed E-state index contributed by atoms with van der Waals surface area (Å²) in [6, 6.07) is 5.49. The number of fused-ring (bicyclic) bond motifs is 1. The van der Waals surface area contributed by atoms with Crippen LogP contribution in [-0.2, 0) is 9.47 Å². The highest BCUT2D eigenvalue weighted by molar-refractivity contribution is 5.89. The van der Waals surface area contributed by atoms with Crippen LogP contribution < -0.4 is 14.9 Å². The first-order valence-electron chi connectivity index (χ1n) is 13.2. The van der Waals surface area contributed by atoms with Gasteiger partial charge in [-0.05, 0) is 18.2 Å². The summed E-state index contributed by atoms with van der Waals surface area (Å²) < 4.78 is 27.7. The van der Waals surface area contributed by atoms with Crippen LogP contribution in [0.25, 0.3) is 22.3 Å². The van der Waals surface area contributed by atoms with Crippen molar-refractivity contribution in [2.45, 2.75) is 61.4 Å². The number of rotatable bonds is 7. The van der Waals surface area contributed by atoms with Crippen molar-refractivity contribution in [1.29, 1.82) is 0 Å². The van der Waals surface area contributed by atoms with Gasteiger partial charge in [0, 0.05) is 17.7 Å². The Hall–Kier alpha value is -3.75. The van der Waals surface area contributed by atoms with E-state index in [1.165, 1.54) is 6.07 Å². The molecule has 0 unspecified atom stereocenters. The molecule has 0 amide bonds. The molecule has 0 spiro atoms. The van der Waals surface area contributed by atoms with Crippen LogP contribution in [0.15, 0.2) is 39.5 Å². The van der Waals surface area contributed by atoms with Gasteiger partial charge in [0.15, 0.2) is 28.4 Å². The van der Waals surface area contributed by atoms with Crippen molar-refractivity contribution in [3.8, 4) is 40.1 Å². The van der Waals surface area contributed by atoms with Gasteiger partial charge in [0.2, 0.25) is 18.3 Å². The molecule has 0 bridgehead atoms. The van der Waals surface area contributed by atoms with Crippen LogP contribution in [0.5, 0.6) is 28.7 Å². The molecule has 2 aromatic carbocycles. The molecule has 11 N–H and O–H groups in total. The lowest BCUT2D eigenvalue weighted by Crippen LogP contribution is -2.60. The fourth-order valence-corrected chi connectivity index (χ4v) is 4.85. The summed E-state index contributed by atoms with van der Waals surface area (Å²) >= 11 is 0. The molecule has 10 atom stereocenters. The Morgan fingerprint density at radius 3 is 1.80 bits per heavy atom. The number of ether oxygens (including phenoxy) is 4. The van der Waals surface area contributed by atoms with Crippen LogP contribution in [0.4, 0.5) is 0 Å². The molecule has 2 saturated heterocycles. The average Bonchev–Trinajstić information content (AvgIpc) is 3.00. The SMILES string of the molecule is O=c1cc(-c2ccc(O)c(O)c2)oc2cc(O[C@@H]3O[C@H](CO)[C@@H](O)[C@H](O)[C@H]3O)c(O[C@@H]3O[C@H](CO)[C@@H](O)[C@H](O)[C@H]3O)c(O)c12. The number of aliphatic hydroxyl groups excluding tert-OH is 8. The maximum atomic E-state index is 13.2. The van der Waals surface area contributed by atoms with Gasteiger partial charge in [0.1, 0.15) is 65.6 Å². The molecular weight excluding hydrogens is 596 g/mol. The van der Waals surface area contributed by atoms with Crippen LogP contribution in [0.1, 0.15) is 0 Å². The monoisotopic (exact) mass is 626 g/mol. The van der Waals surface area contributed by atoms with E-state index in [0.717, 1.165) is 24.3 Å². The Balaban J connectivity index is 1.63. The Labute approximate surface area is 246 Å². The number of phenolic OH excluding ortho intramolecular Hbond substituents is 3. The topological polar surface area (TPSA) is 290 Å². The fourth-order valence-electron chi connectivity index (χ4n) is 4.85. The van der Waals surface area contributed by atoms with Gasteiger partial charge in [0.05, 0.1) is 13.2 Å². The van der Waals surface area contributed by atoms with E-state index >= 15 is 0 Å². The van der Waals surface area contributed by atoms with E-state index in [0.29, 0.717) is 0 Å². The highest BCUT2D eigenvalue weighted by Gasteiger charge is 2.47. The lowest BCUT2D eigenvalue weighted by Gasteiger charge is -2.41. The van der Waals surface area contributed by atoms with Gasteiger partial charge < -0.3 is 79.5 Å². The molecule has 3 heterocycles. The van der Waals surface area contributed by atoms with Gasteiger partial charge in [-0.3, -0.25) is 4.79 Å². The van der Waals surface area contributed by atoms with Gasteiger partial charge in [0.25, 0.3) is 0 Å². The number of benzene rings is 2. The molecular formula is C27H30O17. The highest BCUT2D eigenvalue weighted by atomic mass is 16.7. The van der Waals surface area contributed by atoms with E-state index in [2.05, 4.69) is 0 Å². The molecule has 17 heteroatoms. The third-order valence-corrected chi connectivity index (χ3v) is 7.35. The van der Waals surface area contributed by atoms with E-state index in [1.54, 1.807) is 0 Å². The van der Waals surface area contributed by atoms with Gasteiger partial charge in [-0.1, -0.05) is 0 Å². The fraction of sp³-hybridized carbons (Fsp3) is 0.444. The first-order valence-corrected chi connectivity index (χ1v) is 13.2. The molecule has 5 rings (SSSR count). The Kier molecular flexibility index (Phi) is 8.87. The van der Waals surface area contributed by atoms with E-state index in [9.17, 15) is 61.0 Å². The smallest absolute Gasteiger partial charge is 0.229 e. The molecule has 240 valence electrons. The van der Waals surface area contributed by atoms with Crippen LogP contribution in [0.3, 0.4) is 0 Å². The van der Waals surface area contributed by atoms with Crippen LogP contribution in [-0.4, -0.2) is 131 Å². The van der Waals surface area contributed by atoms with Gasteiger partial charge >= 0.3 is 0 Å². The molecule has 0 radical (unpaired) electrons. The average molecular weight is 627 g/mol. The number of hydrogen-bond donors (Lipinski definition) is 11. The second-order valence-corrected chi connectivity index (χ2v) is 10.2. The zero-order valence-corrected chi connectivity index (χ0v) is 22.4. The molecule has 2 aliphatic heterocycles. The minimum absolute atomic E-state index is 0.136. The van der Waals surface area contributed by atoms with E-state index < -0.39 is 114 Å². The van der Waals surface area contributed by atoms with Crippen molar-refractivity contribution in [2.75, 3.05) is 13.2 Å². The van der Waals surface area contributed by atoms with E-state index in [4.69, 9.17) is 23.4 Å². The predicted molar refractivity (Wildman–Crippen MR) is 142 cm³/mol. The normalized spacial score (nSPS) is 32.5. The zero-order valence-electron chi connectivity index (χ0n) is 22.4. The lowest BCUT2D eigenvalue weighted by atomic mass is 9.99. The van der Waals surface area contributed by atoms with Crippen molar-refractivity contribution in [2.24, 2.45) is 0 Å². The minimum atomic E-state index is -1.97. The number of aromatic hydroxyl groups is 3. The third-order valence-electron chi connectivity index (χ3n) is 7.35. The summed E-state index contributed by atoms with van der Waals surface area (Å²) in [5, 5.41) is 111. The Morgan fingerprint density at radius 2 is 1.25 bits per heavy atom. The highest BCUT2D eigenvalue weighted by Crippen LogP contribution is 2.45. The molecule has 17 nitrogen and oxygen atoms in total. The first-order chi connectivity index (χ1) is 20.9. The van der Waals surface area contributed by atoms with Crippen molar-refractivity contribution in [3.05, 3.63) is 40.6 Å². The van der Waals surface area contributed by atoms with Crippen molar-refractivity contribution in [3.63, 3.8) is 0 Å². The standard InChI is InChI=1S/C27H30O17/c28-6-15-18(33)21(36)23(38)26(42-15)41-14-5-13-17(11(32)4-12(40-13)8-1-2-9(30)10(31)3-8)20(35)25(14)44-27-24(39)22(37)19(34)16(7-29)43-27/h1-5,15-16,18-19,21-24,26-31,33-39H,6-7H2/t15-,16-,18-,19-,21+,22+,23-,24-,26-,27+/m1/s1. The number of aliphatic hydroxyl groups is 8. The van der Waals surface area contributed by atoms with Crippen molar-refractivity contribution >= 4 is 11.0 Å². The quantitative estimate of drug-likeness (QED) is 0.116. The second kappa shape index (κ2) is 12.3. The lowest BCUT2D eigenvalue weighted by molar-refractivity contribution is -0.282. The van der Waals surface area contributed by atoms with Crippen molar-refractivity contribution in [1.82, 2.24) is 0 Å². The van der Waals surface area contributed by atoms with Crippen LogP contribution >= 0.6 is 0 Å². The van der Waals surface area contributed by atoms with Crippen molar-refractivity contribution < 1.29 is 79.5 Å². The summed E-state index contributed by atoms with van der Waals surface area (Å²) in [6.07, 6.45) is -17.7. The molecule has 0 saturated carbocycles. The summed E-state index contributed by atoms with van der Waals surface area (Å²) in [4.78, 5) is 13.2. The molecule has 0 aliphatic carbocycles.